The summed E-state index contributed by atoms with van der Waals surface area (Å²) in [5, 5.41) is 3.32. The Hall–Kier alpha value is -3.56. The second-order valence-corrected chi connectivity index (χ2v) is 12.0. The van der Waals surface area contributed by atoms with E-state index in [0.717, 1.165) is 9.87 Å². The normalized spacial score (nSPS) is 12.1. The summed E-state index contributed by atoms with van der Waals surface area (Å²) in [4.78, 5) is 28.7. The molecule has 0 aliphatic rings. The van der Waals surface area contributed by atoms with Crippen LogP contribution in [0.3, 0.4) is 0 Å². The molecule has 1 N–H and O–H groups in total. The Morgan fingerprint density at radius 3 is 2.15 bits per heavy atom. The van der Waals surface area contributed by atoms with Crippen LogP contribution >= 0.6 is 11.6 Å². The van der Waals surface area contributed by atoms with E-state index in [1.165, 1.54) is 24.1 Å². The summed E-state index contributed by atoms with van der Waals surface area (Å²) in [5.41, 5.74) is 1.91. The van der Waals surface area contributed by atoms with E-state index in [-0.39, 0.29) is 23.4 Å². The van der Waals surface area contributed by atoms with Gasteiger partial charge in [-0.15, -0.1) is 0 Å². The Balaban J connectivity index is 2.07. The highest BCUT2D eigenvalue weighted by molar-refractivity contribution is 7.92. The molecule has 40 heavy (non-hydrogen) atoms. The number of carbonyl (C=O) groups is 2. The van der Waals surface area contributed by atoms with E-state index < -0.39 is 28.5 Å². The third kappa shape index (κ3) is 7.55. The quantitative estimate of drug-likeness (QED) is 0.316. The van der Waals surface area contributed by atoms with Gasteiger partial charge in [-0.05, 0) is 75.2 Å². The van der Waals surface area contributed by atoms with Crippen molar-refractivity contribution in [3.63, 3.8) is 0 Å². The van der Waals surface area contributed by atoms with Crippen LogP contribution in [0.25, 0.3) is 0 Å². The number of carbonyl (C=O) groups excluding carboxylic acids is 2. The van der Waals surface area contributed by atoms with Crippen molar-refractivity contribution in [1.29, 1.82) is 0 Å². The van der Waals surface area contributed by atoms with Crippen molar-refractivity contribution in [3.05, 3.63) is 88.9 Å². The van der Waals surface area contributed by atoms with Crippen LogP contribution in [0.2, 0.25) is 5.02 Å². The molecule has 2 amide bonds. The zero-order chi connectivity index (χ0) is 29.4. The van der Waals surface area contributed by atoms with Gasteiger partial charge in [0.2, 0.25) is 11.8 Å². The Morgan fingerprint density at radius 2 is 1.60 bits per heavy atom. The van der Waals surface area contributed by atoms with Gasteiger partial charge in [-0.25, -0.2) is 8.42 Å². The van der Waals surface area contributed by atoms with Gasteiger partial charge >= 0.3 is 0 Å². The first-order valence-electron chi connectivity index (χ1n) is 13.0. The number of nitrogens with one attached hydrogen (secondary N) is 1. The maximum Gasteiger partial charge on any atom is 0.264 e. The molecule has 0 spiro atoms. The largest absolute Gasteiger partial charge is 0.497 e. The van der Waals surface area contributed by atoms with Crippen LogP contribution < -0.4 is 14.4 Å². The predicted octanol–water partition coefficient (Wildman–Crippen LogP) is 5.18. The van der Waals surface area contributed by atoms with Crippen LogP contribution in [-0.4, -0.2) is 50.9 Å². The number of sulfonamides is 1. The highest BCUT2D eigenvalue weighted by Crippen LogP contribution is 2.27. The first-order valence-corrected chi connectivity index (χ1v) is 14.9. The highest BCUT2D eigenvalue weighted by atomic mass is 35.5. The van der Waals surface area contributed by atoms with Gasteiger partial charge in [-0.3, -0.25) is 13.9 Å². The summed E-state index contributed by atoms with van der Waals surface area (Å²) in [5.74, 6) is -0.356. The summed E-state index contributed by atoms with van der Waals surface area (Å²) < 4.78 is 34.1. The summed E-state index contributed by atoms with van der Waals surface area (Å²) in [6.45, 7) is 6.89. The Morgan fingerprint density at radius 1 is 0.975 bits per heavy atom. The SMILES string of the molecule is CC[C@H](C(=O)NC(C)C)N(Cc1ccccc1Cl)C(=O)CN(c1ccc(C)cc1)S(=O)(=O)c1ccc(OC)cc1. The van der Waals surface area contributed by atoms with E-state index in [4.69, 9.17) is 16.3 Å². The Kier molecular flexibility index (Phi) is 10.6. The van der Waals surface area contributed by atoms with Crippen LogP contribution in [0.15, 0.2) is 77.7 Å². The van der Waals surface area contributed by atoms with E-state index in [0.29, 0.717) is 28.4 Å². The third-order valence-corrected chi connectivity index (χ3v) is 8.52. The van der Waals surface area contributed by atoms with E-state index in [1.807, 2.05) is 27.7 Å². The molecule has 0 fully saturated rings. The van der Waals surface area contributed by atoms with Crippen molar-refractivity contribution in [2.45, 2.75) is 57.6 Å². The van der Waals surface area contributed by atoms with E-state index in [1.54, 1.807) is 60.7 Å². The molecule has 0 aliphatic heterocycles. The summed E-state index contributed by atoms with van der Waals surface area (Å²) in [6, 6.07) is 18.9. The van der Waals surface area contributed by atoms with Crippen molar-refractivity contribution in [3.8, 4) is 5.75 Å². The van der Waals surface area contributed by atoms with Gasteiger partial charge in [0.15, 0.2) is 0 Å². The molecule has 3 aromatic carbocycles. The van der Waals surface area contributed by atoms with Gasteiger partial charge in [-0.1, -0.05) is 54.4 Å². The zero-order valence-corrected chi connectivity index (χ0v) is 25.0. The first kappa shape index (κ1) is 31.0. The molecule has 10 heteroatoms. The molecule has 0 radical (unpaired) electrons. The van der Waals surface area contributed by atoms with Crippen molar-refractivity contribution < 1.29 is 22.7 Å². The number of nitrogens with zero attached hydrogens (tertiary/aromatic N) is 2. The number of hydrogen-bond donors (Lipinski definition) is 1. The number of rotatable bonds is 12. The number of amides is 2. The number of hydrogen-bond acceptors (Lipinski definition) is 5. The predicted molar refractivity (Wildman–Crippen MR) is 158 cm³/mol. The molecule has 0 unspecified atom stereocenters. The van der Waals surface area contributed by atoms with E-state index >= 15 is 0 Å². The minimum absolute atomic E-state index is 0.00363. The molecule has 0 aromatic heterocycles. The van der Waals surface area contributed by atoms with Crippen LogP contribution in [0, 0.1) is 6.92 Å². The number of halogens is 1. The fourth-order valence-corrected chi connectivity index (χ4v) is 5.83. The van der Waals surface area contributed by atoms with Crippen LogP contribution in [0.4, 0.5) is 5.69 Å². The fraction of sp³-hybridized carbons (Fsp3) is 0.333. The highest BCUT2D eigenvalue weighted by Gasteiger charge is 2.34. The number of benzene rings is 3. The molecule has 0 saturated heterocycles. The van der Waals surface area contributed by atoms with Crippen LogP contribution in [0.1, 0.15) is 38.3 Å². The average Bonchev–Trinajstić information content (AvgIpc) is 2.92. The average molecular weight is 586 g/mol. The minimum Gasteiger partial charge on any atom is -0.497 e. The lowest BCUT2D eigenvalue weighted by molar-refractivity contribution is -0.140. The summed E-state index contributed by atoms with van der Waals surface area (Å²) in [6.07, 6.45) is 0.324. The van der Waals surface area contributed by atoms with Crippen LogP contribution in [-0.2, 0) is 26.2 Å². The van der Waals surface area contributed by atoms with Crippen molar-refractivity contribution in [2.75, 3.05) is 18.0 Å². The standard InChI is InChI=1S/C30H36ClN3O5S/c1-6-28(30(36)32-21(2)3)33(19-23-9-7-8-10-27(23)31)29(35)20-34(24-13-11-22(4)12-14-24)40(37,38)26-17-15-25(39-5)16-18-26/h7-18,21,28H,6,19-20H2,1-5H3,(H,32,36)/t28-/m1/s1. The maximum absolute atomic E-state index is 14.1. The molecule has 8 nitrogen and oxygen atoms in total. The molecule has 1 atom stereocenters. The molecule has 214 valence electrons. The topological polar surface area (TPSA) is 96.0 Å². The van der Waals surface area contributed by atoms with Crippen molar-refractivity contribution >= 4 is 39.1 Å². The van der Waals surface area contributed by atoms with Crippen LogP contribution in [0.5, 0.6) is 5.75 Å². The molecule has 0 bridgehead atoms. The number of ether oxygens (including phenoxy) is 1. The van der Waals surface area contributed by atoms with Gasteiger partial charge in [-0.2, -0.15) is 0 Å². The Labute approximate surface area is 241 Å². The maximum atomic E-state index is 14.1. The fourth-order valence-electron chi connectivity index (χ4n) is 4.23. The number of aryl methyl sites for hydroxylation is 1. The van der Waals surface area contributed by atoms with Gasteiger partial charge in [0.25, 0.3) is 10.0 Å². The molecule has 3 aromatic rings. The smallest absolute Gasteiger partial charge is 0.264 e. The molecule has 0 aliphatic carbocycles. The second kappa shape index (κ2) is 13.7. The lowest BCUT2D eigenvalue weighted by Crippen LogP contribution is -2.53. The van der Waals surface area contributed by atoms with Gasteiger partial charge < -0.3 is 15.0 Å². The summed E-state index contributed by atoms with van der Waals surface area (Å²) >= 11 is 6.42. The number of methoxy groups -OCH3 is 1. The monoisotopic (exact) mass is 585 g/mol. The molecule has 0 saturated carbocycles. The van der Waals surface area contributed by atoms with Gasteiger partial charge in [0, 0.05) is 17.6 Å². The third-order valence-electron chi connectivity index (χ3n) is 6.36. The molecule has 0 heterocycles. The molecule has 3 rings (SSSR count). The van der Waals surface area contributed by atoms with E-state index in [2.05, 4.69) is 5.32 Å². The van der Waals surface area contributed by atoms with Crippen molar-refractivity contribution in [1.82, 2.24) is 10.2 Å². The molecular weight excluding hydrogens is 550 g/mol. The first-order chi connectivity index (χ1) is 19.0. The second-order valence-electron chi connectivity index (χ2n) is 9.72. The summed E-state index contributed by atoms with van der Waals surface area (Å²) in [7, 11) is -2.68. The number of anilines is 1. The Bertz CT molecular complexity index is 1410. The van der Waals surface area contributed by atoms with Gasteiger partial charge in [0.1, 0.15) is 18.3 Å². The lowest BCUT2D eigenvalue weighted by atomic mass is 10.1. The molecular formula is C30H36ClN3O5S. The minimum atomic E-state index is -4.17. The van der Waals surface area contributed by atoms with E-state index in [9.17, 15) is 18.0 Å². The lowest BCUT2D eigenvalue weighted by Gasteiger charge is -2.33. The zero-order valence-electron chi connectivity index (χ0n) is 23.4. The van der Waals surface area contributed by atoms with Gasteiger partial charge in [0.05, 0.1) is 17.7 Å². The van der Waals surface area contributed by atoms with Crippen molar-refractivity contribution in [2.24, 2.45) is 0 Å².